The maximum Gasteiger partial charge on any atom is 0.222 e. The van der Waals surface area contributed by atoms with Crippen LogP contribution in [-0.4, -0.2) is 53.6 Å². The third-order valence-corrected chi connectivity index (χ3v) is 3.69. The minimum Gasteiger partial charge on any atom is -0.339 e. The lowest BCUT2D eigenvalue weighted by Gasteiger charge is -2.34. The molecule has 1 heterocycles. The van der Waals surface area contributed by atoms with Gasteiger partial charge in [-0.3, -0.25) is 14.4 Å². The van der Waals surface area contributed by atoms with Gasteiger partial charge in [-0.25, -0.2) is 0 Å². The lowest BCUT2D eigenvalue weighted by atomic mass is 10.1. The molecule has 1 unspecified atom stereocenters. The SMILES string of the molecule is CC.CC.CCC(=O)N1CCN(C(C)=O)CC1.CCC(C)C(C)=O. The highest BCUT2D eigenvalue weighted by Gasteiger charge is 2.20. The molecule has 5 nitrogen and oxygen atoms in total. The van der Waals surface area contributed by atoms with E-state index in [9.17, 15) is 14.4 Å². The quantitative estimate of drug-likeness (QED) is 0.783. The number of carbonyl (C=O) groups excluding carboxylic acids is 3. The van der Waals surface area contributed by atoms with E-state index in [1.54, 1.807) is 18.7 Å². The van der Waals surface area contributed by atoms with E-state index in [4.69, 9.17) is 0 Å². The summed E-state index contributed by atoms with van der Waals surface area (Å²) >= 11 is 0. The Labute approximate surface area is 149 Å². The van der Waals surface area contributed by atoms with Gasteiger partial charge < -0.3 is 9.80 Å². The summed E-state index contributed by atoms with van der Waals surface area (Å²) in [4.78, 5) is 36.2. The van der Waals surface area contributed by atoms with E-state index in [2.05, 4.69) is 0 Å². The van der Waals surface area contributed by atoms with Crippen molar-refractivity contribution in [1.29, 1.82) is 0 Å². The fourth-order valence-corrected chi connectivity index (χ4v) is 1.78. The first-order chi connectivity index (χ1) is 11.3. The zero-order valence-corrected chi connectivity index (χ0v) is 17.4. The number of nitrogens with zero attached hydrogens (tertiary/aromatic N) is 2. The van der Waals surface area contributed by atoms with Crippen LogP contribution in [0.5, 0.6) is 0 Å². The van der Waals surface area contributed by atoms with Gasteiger partial charge in [0.15, 0.2) is 0 Å². The van der Waals surface area contributed by atoms with Crippen LogP contribution in [0.15, 0.2) is 0 Å². The van der Waals surface area contributed by atoms with Gasteiger partial charge in [-0.05, 0) is 13.3 Å². The Morgan fingerprint density at radius 2 is 1.21 bits per heavy atom. The second-order valence-corrected chi connectivity index (χ2v) is 5.16. The zero-order valence-electron chi connectivity index (χ0n) is 17.4. The Bertz CT molecular complexity index is 336. The Kier molecular flexibility index (Phi) is 20.5. The molecule has 1 aliphatic rings. The normalized spacial score (nSPS) is 13.9. The first-order valence-corrected chi connectivity index (χ1v) is 9.37. The first-order valence-electron chi connectivity index (χ1n) is 9.37. The number of hydrogen-bond acceptors (Lipinski definition) is 3. The van der Waals surface area contributed by atoms with Gasteiger partial charge in [-0.2, -0.15) is 0 Å². The summed E-state index contributed by atoms with van der Waals surface area (Å²) < 4.78 is 0. The first kappa shape index (κ1) is 27.5. The van der Waals surface area contributed by atoms with E-state index < -0.39 is 0 Å². The second kappa shape index (κ2) is 18.0. The summed E-state index contributed by atoms with van der Waals surface area (Å²) in [6, 6.07) is 0. The number of carbonyl (C=O) groups is 3. The molecule has 0 radical (unpaired) electrons. The van der Waals surface area contributed by atoms with Gasteiger partial charge in [0, 0.05) is 45.4 Å². The van der Waals surface area contributed by atoms with Crippen LogP contribution in [0.4, 0.5) is 0 Å². The number of piperazine rings is 1. The summed E-state index contributed by atoms with van der Waals surface area (Å²) in [6.45, 7) is 19.8. The average Bonchev–Trinajstić information content (AvgIpc) is 2.64. The Morgan fingerprint density at radius 1 is 0.833 bits per heavy atom. The van der Waals surface area contributed by atoms with Crippen molar-refractivity contribution in [3.05, 3.63) is 0 Å². The summed E-state index contributed by atoms with van der Waals surface area (Å²) in [5.74, 6) is 0.842. The smallest absolute Gasteiger partial charge is 0.222 e. The maximum atomic E-state index is 11.3. The molecule has 0 N–H and O–H groups in total. The van der Waals surface area contributed by atoms with Crippen molar-refractivity contribution < 1.29 is 14.4 Å². The van der Waals surface area contributed by atoms with Gasteiger partial charge in [-0.15, -0.1) is 0 Å². The van der Waals surface area contributed by atoms with Crippen LogP contribution in [0.3, 0.4) is 0 Å². The lowest BCUT2D eigenvalue weighted by molar-refractivity contribution is -0.138. The molecule has 1 saturated heterocycles. The predicted octanol–water partition coefficient (Wildman–Crippen LogP) is 3.76. The van der Waals surface area contributed by atoms with Gasteiger partial charge in [0.2, 0.25) is 11.8 Å². The van der Waals surface area contributed by atoms with Crippen LogP contribution < -0.4 is 0 Å². The van der Waals surface area contributed by atoms with Crippen molar-refractivity contribution >= 4 is 17.6 Å². The van der Waals surface area contributed by atoms with Crippen molar-refractivity contribution in [3.63, 3.8) is 0 Å². The molecule has 0 bridgehead atoms. The predicted molar refractivity (Wildman–Crippen MR) is 102 cm³/mol. The maximum absolute atomic E-state index is 11.3. The molecular weight excluding hydrogens is 304 g/mol. The van der Waals surface area contributed by atoms with Gasteiger partial charge in [0.25, 0.3) is 0 Å². The van der Waals surface area contributed by atoms with E-state index in [0.717, 1.165) is 6.42 Å². The monoisotopic (exact) mass is 344 g/mol. The topological polar surface area (TPSA) is 57.7 Å². The Morgan fingerprint density at radius 3 is 1.42 bits per heavy atom. The van der Waals surface area contributed by atoms with Crippen LogP contribution in [-0.2, 0) is 14.4 Å². The molecule has 1 rings (SSSR count). The fraction of sp³-hybridized carbons (Fsp3) is 0.842. The molecule has 0 saturated carbocycles. The summed E-state index contributed by atoms with van der Waals surface area (Å²) in [5.41, 5.74) is 0. The van der Waals surface area contributed by atoms with Crippen LogP contribution >= 0.6 is 0 Å². The second-order valence-electron chi connectivity index (χ2n) is 5.16. The van der Waals surface area contributed by atoms with Crippen molar-refractivity contribution in [2.75, 3.05) is 26.2 Å². The van der Waals surface area contributed by atoms with Crippen molar-refractivity contribution in [2.45, 2.75) is 75.2 Å². The molecule has 24 heavy (non-hydrogen) atoms. The highest BCUT2D eigenvalue weighted by Crippen LogP contribution is 2.03. The third-order valence-electron chi connectivity index (χ3n) is 3.69. The standard InChI is InChI=1S/C9H16N2O2.C6H12O.2C2H6/c1-3-9(13)11-6-4-10(5-7-11)8(2)12;1-4-5(2)6(3)7;2*1-2/h3-7H2,1-2H3;5H,4H2,1-3H3;2*1-2H3. The van der Waals surface area contributed by atoms with E-state index in [1.165, 1.54) is 0 Å². The van der Waals surface area contributed by atoms with E-state index in [0.29, 0.717) is 38.4 Å². The summed E-state index contributed by atoms with van der Waals surface area (Å²) in [7, 11) is 0. The highest BCUT2D eigenvalue weighted by atomic mass is 16.2. The molecule has 0 aromatic rings. The highest BCUT2D eigenvalue weighted by molar-refractivity contribution is 5.77. The largest absolute Gasteiger partial charge is 0.339 e. The van der Waals surface area contributed by atoms with E-state index in [1.807, 2.05) is 53.4 Å². The average molecular weight is 345 g/mol. The van der Waals surface area contributed by atoms with Gasteiger partial charge in [0.05, 0.1) is 0 Å². The number of hydrogen-bond donors (Lipinski definition) is 0. The third kappa shape index (κ3) is 13.1. The lowest BCUT2D eigenvalue weighted by Crippen LogP contribution is -2.49. The van der Waals surface area contributed by atoms with Crippen LogP contribution in [0.2, 0.25) is 0 Å². The number of Topliss-reactive ketones (excluding diaryl/α,β-unsaturated/α-hetero) is 1. The van der Waals surface area contributed by atoms with E-state index >= 15 is 0 Å². The molecular formula is C19H40N2O3. The molecule has 5 heteroatoms. The van der Waals surface area contributed by atoms with Crippen LogP contribution in [0, 0.1) is 5.92 Å². The van der Waals surface area contributed by atoms with Gasteiger partial charge in [-0.1, -0.05) is 48.5 Å². The molecule has 0 aromatic carbocycles. The minimum atomic E-state index is 0.101. The molecule has 0 aromatic heterocycles. The number of rotatable bonds is 3. The molecule has 1 atom stereocenters. The molecule has 1 fully saturated rings. The molecule has 1 aliphatic heterocycles. The number of amides is 2. The van der Waals surface area contributed by atoms with Crippen molar-refractivity contribution in [3.8, 4) is 0 Å². The summed E-state index contributed by atoms with van der Waals surface area (Å²) in [5, 5.41) is 0. The summed E-state index contributed by atoms with van der Waals surface area (Å²) in [6.07, 6.45) is 1.52. The Hall–Kier alpha value is -1.39. The molecule has 0 spiro atoms. The van der Waals surface area contributed by atoms with Gasteiger partial charge in [0.1, 0.15) is 5.78 Å². The minimum absolute atomic E-state index is 0.101. The Balaban J connectivity index is -0.000000341. The van der Waals surface area contributed by atoms with Gasteiger partial charge >= 0.3 is 0 Å². The van der Waals surface area contributed by atoms with E-state index in [-0.39, 0.29) is 17.7 Å². The molecule has 144 valence electrons. The number of ketones is 1. The van der Waals surface area contributed by atoms with Crippen LogP contribution in [0.25, 0.3) is 0 Å². The van der Waals surface area contributed by atoms with Crippen molar-refractivity contribution in [1.82, 2.24) is 9.80 Å². The molecule has 0 aliphatic carbocycles. The molecule has 2 amide bonds. The van der Waals surface area contributed by atoms with Crippen molar-refractivity contribution in [2.24, 2.45) is 5.92 Å². The fourth-order valence-electron chi connectivity index (χ4n) is 1.78. The zero-order chi connectivity index (χ0) is 19.7. The van der Waals surface area contributed by atoms with Crippen LogP contribution in [0.1, 0.15) is 75.2 Å².